The topological polar surface area (TPSA) is 92.8 Å². The van der Waals surface area contributed by atoms with Gasteiger partial charge in [0.2, 0.25) is 5.91 Å². The number of halogens is 3. The third-order valence-electron chi connectivity index (χ3n) is 4.56. The molecule has 0 aliphatic rings. The highest BCUT2D eigenvalue weighted by Gasteiger charge is 2.28. The fourth-order valence-corrected chi connectivity index (χ4v) is 2.93. The zero-order valence-electron chi connectivity index (χ0n) is 19.0. The molecule has 2 heterocycles. The molecule has 0 aliphatic heterocycles. The molecule has 178 valence electrons. The van der Waals surface area contributed by atoms with Gasteiger partial charge in [0.15, 0.2) is 6.61 Å². The van der Waals surface area contributed by atoms with Gasteiger partial charge in [0.05, 0.1) is 24.5 Å². The molecule has 0 saturated carbocycles. The molecule has 0 unspecified atom stereocenters. The molecule has 10 heteroatoms. The Morgan fingerprint density at radius 2 is 1.94 bits per heavy atom. The van der Waals surface area contributed by atoms with Crippen molar-refractivity contribution in [3.8, 4) is 5.75 Å². The largest absolute Gasteiger partial charge is 0.483 e. The van der Waals surface area contributed by atoms with Crippen LogP contribution in [0, 0.1) is 5.41 Å². The number of carbonyl (C=O) groups excluding carboxylic acids is 1. The first-order valence-electron chi connectivity index (χ1n) is 10.2. The number of H-pyrrole nitrogens is 1. The van der Waals surface area contributed by atoms with Crippen molar-refractivity contribution in [2.75, 3.05) is 6.61 Å². The van der Waals surface area contributed by atoms with E-state index in [1.807, 2.05) is 19.1 Å². The molecule has 7 nitrogen and oxygen atoms in total. The third kappa shape index (κ3) is 8.55. The minimum Gasteiger partial charge on any atom is -0.483 e. The van der Waals surface area contributed by atoms with E-state index in [0.29, 0.717) is 17.0 Å². The number of amides is 1. The number of alkyl halides is 3. The molecule has 2 N–H and O–H groups in total. The lowest BCUT2D eigenvalue weighted by Crippen LogP contribution is -2.30. The van der Waals surface area contributed by atoms with Gasteiger partial charge in [-0.25, -0.2) is 0 Å². The van der Waals surface area contributed by atoms with E-state index in [1.54, 1.807) is 6.08 Å². The van der Waals surface area contributed by atoms with Gasteiger partial charge in [-0.1, -0.05) is 45.6 Å². The van der Waals surface area contributed by atoms with Gasteiger partial charge in [-0.3, -0.25) is 9.78 Å². The molecule has 0 spiro atoms. The second kappa shape index (κ2) is 10.9. The molecule has 2 rings (SSSR count). The molecular weight excluding hydrogens is 435 g/mol. The van der Waals surface area contributed by atoms with Crippen LogP contribution >= 0.6 is 0 Å². The summed E-state index contributed by atoms with van der Waals surface area (Å²) in [6, 6.07) is 2.05. The lowest BCUT2D eigenvalue weighted by Gasteiger charge is -2.20. The Hall–Kier alpha value is -3.43. The second-order valence-electron chi connectivity index (χ2n) is 8.38. The SMILES string of the molecule is C=C(/C=C\C(=C/C)C(C)(C)C)CC(=O)N[C@@H](c1ccc(OCC(F)(F)F)cn1)c1cn[nH]n1. The minimum atomic E-state index is -4.45. The van der Waals surface area contributed by atoms with Crippen LogP contribution in [0.4, 0.5) is 13.2 Å². The number of aromatic amines is 1. The van der Waals surface area contributed by atoms with Crippen molar-refractivity contribution >= 4 is 5.91 Å². The Kier molecular flexibility index (Phi) is 8.56. The average molecular weight is 464 g/mol. The number of rotatable bonds is 9. The van der Waals surface area contributed by atoms with E-state index in [-0.39, 0.29) is 23.5 Å². The number of nitrogens with one attached hydrogen (secondary N) is 2. The van der Waals surface area contributed by atoms with E-state index < -0.39 is 18.8 Å². The van der Waals surface area contributed by atoms with Crippen LogP contribution in [0.5, 0.6) is 5.75 Å². The number of ether oxygens (including phenoxy) is 1. The Morgan fingerprint density at radius 3 is 2.45 bits per heavy atom. The van der Waals surface area contributed by atoms with E-state index in [0.717, 1.165) is 11.8 Å². The maximum absolute atomic E-state index is 12.7. The highest BCUT2D eigenvalue weighted by Crippen LogP contribution is 2.27. The summed E-state index contributed by atoms with van der Waals surface area (Å²) in [7, 11) is 0. The fraction of sp³-hybridized carbons (Fsp3) is 0.391. The lowest BCUT2D eigenvalue weighted by molar-refractivity contribution is -0.153. The number of nitrogens with zero attached hydrogens (tertiary/aromatic N) is 3. The van der Waals surface area contributed by atoms with Crippen LogP contribution in [-0.2, 0) is 4.79 Å². The maximum Gasteiger partial charge on any atom is 0.422 e. The zero-order chi connectivity index (χ0) is 24.6. The van der Waals surface area contributed by atoms with Crippen molar-refractivity contribution in [3.63, 3.8) is 0 Å². The monoisotopic (exact) mass is 463 g/mol. The van der Waals surface area contributed by atoms with Crippen molar-refractivity contribution in [1.82, 2.24) is 25.7 Å². The molecule has 0 aliphatic carbocycles. The quantitative estimate of drug-likeness (QED) is 0.519. The van der Waals surface area contributed by atoms with E-state index in [1.165, 1.54) is 18.3 Å². The van der Waals surface area contributed by atoms with Crippen molar-refractivity contribution < 1.29 is 22.7 Å². The van der Waals surface area contributed by atoms with Gasteiger partial charge >= 0.3 is 6.18 Å². The van der Waals surface area contributed by atoms with Crippen LogP contribution < -0.4 is 10.1 Å². The Bertz CT molecular complexity index is 989. The van der Waals surface area contributed by atoms with Gasteiger partial charge in [0, 0.05) is 0 Å². The van der Waals surface area contributed by atoms with Crippen LogP contribution in [0.15, 0.2) is 60.5 Å². The summed E-state index contributed by atoms with van der Waals surface area (Å²) in [5.41, 5.74) is 2.44. The van der Waals surface area contributed by atoms with Crippen LogP contribution in [0.3, 0.4) is 0 Å². The van der Waals surface area contributed by atoms with Crippen LogP contribution in [-0.4, -0.2) is 39.1 Å². The van der Waals surface area contributed by atoms with Gasteiger partial charge in [-0.05, 0) is 35.6 Å². The standard InChI is InChI=1S/C23H28F3N5O2/c1-6-16(22(3,4)5)8-7-15(2)11-20(32)29-21(19-13-28-31-30-19)18-10-9-17(12-27-18)33-14-23(24,25)26/h6-10,12-13,21H,2,11,14H2,1,3-5H3,(H,29,32)(H,28,30,31)/b8-7-,16-6+/t21-/m0/s1. The molecule has 1 amide bonds. The van der Waals surface area contributed by atoms with E-state index >= 15 is 0 Å². The molecule has 0 aromatic carbocycles. The van der Waals surface area contributed by atoms with E-state index in [9.17, 15) is 18.0 Å². The van der Waals surface area contributed by atoms with Gasteiger partial charge in [-0.2, -0.15) is 28.6 Å². The smallest absolute Gasteiger partial charge is 0.422 e. The molecule has 2 aromatic heterocycles. The number of aromatic nitrogens is 4. The molecule has 2 aromatic rings. The van der Waals surface area contributed by atoms with Gasteiger partial charge in [-0.15, -0.1) is 0 Å². The predicted molar refractivity (Wildman–Crippen MR) is 118 cm³/mol. The summed E-state index contributed by atoms with van der Waals surface area (Å²) >= 11 is 0. The second-order valence-corrected chi connectivity index (χ2v) is 8.38. The van der Waals surface area contributed by atoms with Crippen molar-refractivity contribution in [3.05, 3.63) is 71.9 Å². The summed E-state index contributed by atoms with van der Waals surface area (Å²) in [4.78, 5) is 16.8. The number of hydrogen-bond donors (Lipinski definition) is 2. The van der Waals surface area contributed by atoms with E-state index in [2.05, 4.69) is 57.8 Å². The minimum absolute atomic E-state index is 0.0342. The van der Waals surface area contributed by atoms with Gasteiger partial charge in [0.1, 0.15) is 17.5 Å². The number of pyridine rings is 1. The van der Waals surface area contributed by atoms with Crippen LogP contribution in [0.25, 0.3) is 0 Å². The van der Waals surface area contributed by atoms with Gasteiger partial charge < -0.3 is 10.1 Å². The average Bonchev–Trinajstić information content (AvgIpc) is 3.24. The van der Waals surface area contributed by atoms with E-state index in [4.69, 9.17) is 0 Å². The fourth-order valence-electron chi connectivity index (χ4n) is 2.93. The Morgan fingerprint density at radius 1 is 1.21 bits per heavy atom. The molecule has 1 atom stereocenters. The number of hydrogen-bond acceptors (Lipinski definition) is 5. The zero-order valence-corrected chi connectivity index (χ0v) is 19.0. The summed E-state index contributed by atoms with van der Waals surface area (Å²) in [6.45, 7) is 10.8. The molecule has 33 heavy (non-hydrogen) atoms. The molecule has 0 saturated heterocycles. The summed E-state index contributed by atoms with van der Waals surface area (Å²) in [5, 5.41) is 13.0. The maximum atomic E-state index is 12.7. The first kappa shape index (κ1) is 25.8. The highest BCUT2D eigenvalue weighted by atomic mass is 19.4. The predicted octanol–water partition coefficient (Wildman–Crippen LogP) is 4.84. The Balaban J connectivity index is 2.09. The summed E-state index contributed by atoms with van der Waals surface area (Å²) < 4.78 is 41.7. The third-order valence-corrected chi connectivity index (χ3v) is 4.56. The van der Waals surface area contributed by atoms with Crippen LogP contribution in [0.2, 0.25) is 0 Å². The first-order chi connectivity index (χ1) is 15.4. The van der Waals surface area contributed by atoms with Crippen molar-refractivity contribution in [1.29, 1.82) is 0 Å². The normalized spacial score (nSPS) is 13.7. The Labute approximate surface area is 190 Å². The molecule has 0 bridgehead atoms. The van der Waals surface area contributed by atoms with Crippen LogP contribution in [0.1, 0.15) is 51.5 Å². The summed E-state index contributed by atoms with van der Waals surface area (Å²) in [5.74, 6) is -0.368. The molecular formula is C23H28F3N5O2. The molecule has 0 radical (unpaired) electrons. The van der Waals surface area contributed by atoms with Crippen molar-refractivity contribution in [2.45, 2.75) is 46.3 Å². The van der Waals surface area contributed by atoms with Gasteiger partial charge in [0.25, 0.3) is 0 Å². The van der Waals surface area contributed by atoms with Crippen molar-refractivity contribution in [2.24, 2.45) is 5.41 Å². The molecule has 0 fully saturated rings. The highest BCUT2D eigenvalue weighted by molar-refractivity contribution is 5.79. The first-order valence-corrected chi connectivity index (χ1v) is 10.2. The summed E-state index contributed by atoms with van der Waals surface area (Å²) in [6.07, 6.45) is 3.93. The lowest BCUT2D eigenvalue weighted by atomic mass is 9.86. The number of allylic oxidation sites excluding steroid dienone is 4. The number of carbonyl (C=O) groups is 1.